The molecular weight excluding hydrogens is 356 g/mol. The molecule has 1 unspecified atom stereocenters. The van der Waals surface area contributed by atoms with Gasteiger partial charge in [-0.25, -0.2) is 0 Å². The highest BCUT2D eigenvalue weighted by Crippen LogP contribution is 2.22. The number of primary amides is 1. The number of ketones is 1. The first-order valence-corrected chi connectivity index (χ1v) is 8.41. The molecular formula is C17H14N4O4S. The molecule has 0 spiro atoms. The molecule has 0 aliphatic rings. The van der Waals surface area contributed by atoms with Crippen molar-refractivity contribution in [3.63, 3.8) is 0 Å². The van der Waals surface area contributed by atoms with Crippen molar-refractivity contribution in [3.8, 4) is 11.4 Å². The third-order valence-corrected chi connectivity index (χ3v) is 4.24. The summed E-state index contributed by atoms with van der Waals surface area (Å²) in [6, 6.07) is 5.79. The van der Waals surface area contributed by atoms with E-state index < -0.39 is 23.6 Å². The Morgan fingerprint density at radius 3 is 2.77 bits per heavy atom. The Morgan fingerprint density at radius 1 is 1.27 bits per heavy atom. The summed E-state index contributed by atoms with van der Waals surface area (Å²) >= 11 is 1.09. The van der Waals surface area contributed by atoms with E-state index in [1.54, 1.807) is 35.8 Å². The number of Topliss-reactive ketones (excluding diaryl/α,β-unsaturated/α-hetero) is 1. The predicted octanol–water partition coefficient (Wildman–Crippen LogP) is 1.19. The second-order valence-electron chi connectivity index (χ2n) is 5.38. The minimum atomic E-state index is -1.12. The number of carbonyl (C=O) groups is 3. The summed E-state index contributed by atoms with van der Waals surface area (Å²) in [5.41, 5.74) is 6.95. The van der Waals surface area contributed by atoms with Crippen molar-refractivity contribution < 1.29 is 18.8 Å². The van der Waals surface area contributed by atoms with Gasteiger partial charge < -0.3 is 15.5 Å². The molecule has 0 bridgehead atoms. The van der Waals surface area contributed by atoms with E-state index in [-0.39, 0.29) is 12.0 Å². The molecule has 0 saturated heterocycles. The fourth-order valence-electron chi connectivity index (χ4n) is 2.35. The first-order chi connectivity index (χ1) is 12.6. The lowest BCUT2D eigenvalue weighted by atomic mass is 10.0. The van der Waals surface area contributed by atoms with Crippen molar-refractivity contribution in [3.05, 3.63) is 59.5 Å². The number of hydrogen-bond donors (Lipinski definition) is 2. The average molecular weight is 370 g/mol. The van der Waals surface area contributed by atoms with E-state index in [0.717, 1.165) is 11.5 Å². The van der Waals surface area contributed by atoms with Crippen LogP contribution in [0.2, 0.25) is 0 Å². The predicted molar refractivity (Wildman–Crippen MR) is 93.2 cm³/mol. The summed E-state index contributed by atoms with van der Waals surface area (Å²) in [4.78, 5) is 40.2. The fraction of sp³-hybridized carbons (Fsp3) is 0.118. The molecule has 9 heteroatoms. The molecule has 0 aromatic carbocycles. The maximum absolute atomic E-state index is 12.7. The van der Waals surface area contributed by atoms with Gasteiger partial charge in [0.2, 0.25) is 5.78 Å². The summed E-state index contributed by atoms with van der Waals surface area (Å²) in [7, 11) is 0. The lowest BCUT2D eigenvalue weighted by molar-refractivity contribution is -0.137. The highest BCUT2D eigenvalue weighted by molar-refractivity contribution is 7.04. The van der Waals surface area contributed by atoms with Crippen LogP contribution in [0.1, 0.15) is 15.9 Å². The van der Waals surface area contributed by atoms with E-state index >= 15 is 0 Å². The Kier molecular flexibility index (Phi) is 5.18. The molecule has 8 nitrogen and oxygen atoms in total. The van der Waals surface area contributed by atoms with Crippen LogP contribution in [0.15, 0.2) is 52.8 Å². The van der Waals surface area contributed by atoms with Crippen LogP contribution in [0.5, 0.6) is 0 Å². The molecule has 3 rings (SSSR count). The molecule has 132 valence electrons. The van der Waals surface area contributed by atoms with Gasteiger partial charge in [0.25, 0.3) is 11.8 Å². The van der Waals surface area contributed by atoms with Gasteiger partial charge in [-0.3, -0.25) is 19.4 Å². The van der Waals surface area contributed by atoms with Gasteiger partial charge >= 0.3 is 0 Å². The Labute approximate surface area is 152 Å². The van der Waals surface area contributed by atoms with Gasteiger partial charge in [-0.1, -0.05) is 6.07 Å². The normalized spacial score (nSPS) is 11.7. The molecule has 1 atom stereocenters. The standard InChI is InChI=1S/C17H14N4O4S/c18-16(23)15(22)13(7-10-4-6-25-8-10)20-17(24)11-9-26-21-14(11)12-3-1-2-5-19-12/h1-6,8-9,13H,7H2,(H2,18,23)(H,20,24). The third-order valence-electron chi connectivity index (χ3n) is 3.61. The van der Waals surface area contributed by atoms with Gasteiger partial charge in [0.15, 0.2) is 0 Å². The molecule has 0 fully saturated rings. The summed E-state index contributed by atoms with van der Waals surface area (Å²) in [6.45, 7) is 0. The summed E-state index contributed by atoms with van der Waals surface area (Å²) in [5, 5.41) is 4.12. The van der Waals surface area contributed by atoms with Gasteiger partial charge in [0.05, 0.1) is 23.8 Å². The number of hydrogen-bond acceptors (Lipinski definition) is 7. The Bertz CT molecular complexity index is 921. The van der Waals surface area contributed by atoms with Gasteiger partial charge in [0, 0.05) is 18.0 Å². The van der Waals surface area contributed by atoms with E-state index in [0.29, 0.717) is 17.0 Å². The topological polar surface area (TPSA) is 128 Å². The van der Waals surface area contributed by atoms with Crippen molar-refractivity contribution in [2.75, 3.05) is 0 Å². The highest BCUT2D eigenvalue weighted by atomic mass is 32.1. The van der Waals surface area contributed by atoms with E-state index in [1.807, 2.05) is 0 Å². The summed E-state index contributed by atoms with van der Waals surface area (Å²) in [5.74, 6) is -2.54. The number of nitrogens with two attached hydrogens (primary N) is 1. The maximum atomic E-state index is 12.7. The largest absolute Gasteiger partial charge is 0.472 e. The van der Waals surface area contributed by atoms with Crippen LogP contribution in [0.3, 0.4) is 0 Å². The number of aromatic nitrogens is 2. The number of pyridine rings is 1. The Hall–Kier alpha value is -3.33. The molecule has 3 aromatic heterocycles. The molecule has 3 aromatic rings. The van der Waals surface area contributed by atoms with Crippen LogP contribution < -0.4 is 11.1 Å². The molecule has 0 aliphatic heterocycles. The van der Waals surface area contributed by atoms with Crippen LogP contribution in [-0.4, -0.2) is 33.0 Å². The minimum absolute atomic E-state index is 0.0838. The number of furan rings is 1. The van der Waals surface area contributed by atoms with Crippen LogP contribution >= 0.6 is 11.5 Å². The summed E-state index contributed by atoms with van der Waals surface area (Å²) in [6.07, 6.45) is 4.54. The maximum Gasteiger partial charge on any atom is 0.287 e. The molecule has 0 saturated carbocycles. The minimum Gasteiger partial charge on any atom is -0.472 e. The van der Waals surface area contributed by atoms with Crippen molar-refractivity contribution in [1.82, 2.24) is 14.7 Å². The molecule has 0 radical (unpaired) electrons. The smallest absolute Gasteiger partial charge is 0.287 e. The van der Waals surface area contributed by atoms with E-state index in [4.69, 9.17) is 10.2 Å². The van der Waals surface area contributed by atoms with Crippen LogP contribution in [-0.2, 0) is 16.0 Å². The quantitative estimate of drug-likeness (QED) is 0.601. The van der Waals surface area contributed by atoms with E-state index in [2.05, 4.69) is 14.7 Å². The van der Waals surface area contributed by atoms with Crippen molar-refractivity contribution >= 4 is 29.1 Å². The van der Waals surface area contributed by atoms with Crippen LogP contribution in [0.25, 0.3) is 11.4 Å². The van der Waals surface area contributed by atoms with Crippen LogP contribution in [0, 0.1) is 0 Å². The fourth-order valence-corrected chi connectivity index (χ4v) is 3.02. The monoisotopic (exact) mass is 370 g/mol. The molecule has 3 heterocycles. The van der Waals surface area contributed by atoms with Gasteiger partial charge in [-0.15, -0.1) is 0 Å². The van der Waals surface area contributed by atoms with E-state index in [1.165, 1.54) is 12.5 Å². The second-order valence-corrected chi connectivity index (χ2v) is 6.01. The second kappa shape index (κ2) is 7.70. The molecule has 0 aliphatic carbocycles. The zero-order valence-corrected chi connectivity index (χ0v) is 14.2. The third kappa shape index (κ3) is 3.83. The number of nitrogens with zero attached hydrogens (tertiary/aromatic N) is 2. The summed E-state index contributed by atoms with van der Waals surface area (Å²) < 4.78 is 9.15. The highest BCUT2D eigenvalue weighted by Gasteiger charge is 2.27. The molecule has 26 heavy (non-hydrogen) atoms. The first-order valence-electron chi connectivity index (χ1n) is 7.57. The van der Waals surface area contributed by atoms with Crippen LogP contribution in [0.4, 0.5) is 0 Å². The van der Waals surface area contributed by atoms with Crippen molar-refractivity contribution in [2.24, 2.45) is 5.73 Å². The number of carbonyl (C=O) groups excluding carboxylic acids is 3. The van der Waals surface area contributed by atoms with Crippen molar-refractivity contribution in [2.45, 2.75) is 12.5 Å². The van der Waals surface area contributed by atoms with E-state index in [9.17, 15) is 14.4 Å². The number of nitrogens with one attached hydrogen (secondary N) is 1. The lowest BCUT2D eigenvalue weighted by Gasteiger charge is -2.15. The Balaban J connectivity index is 1.83. The van der Waals surface area contributed by atoms with Crippen molar-refractivity contribution in [1.29, 1.82) is 0 Å². The zero-order chi connectivity index (χ0) is 18.5. The zero-order valence-electron chi connectivity index (χ0n) is 13.4. The van der Waals surface area contributed by atoms with Gasteiger partial charge in [-0.2, -0.15) is 4.37 Å². The average Bonchev–Trinajstić information content (AvgIpc) is 3.32. The molecule has 3 N–H and O–H groups in total. The Morgan fingerprint density at radius 2 is 2.12 bits per heavy atom. The molecule has 2 amide bonds. The lowest BCUT2D eigenvalue weighted by Crippen LogP contribution is -2.47. The first kappa shape index (κ1) is 17.5. The van der Waals surface area contributed by atoms with Gasteiger partial charge in [-0.05, 0) is 35.3 Å². The van der Waals surface area contributed by atoms with Gasteiger partial charge in [0.1, 0.15) is 11.7 Å². The SMILES string of the molecule is NC(=O)C(=O)C(Cc1ccoc1)NC(=O)c1csnc1-c1ccccn1. The number of rotatable bonds is 7. The number of amides is 2.